The summed E-state index contributed by atoms with van der Waals surface area (Å²) in [7, 11) is -2.29. The molecule has 0 bridgehead atoms. The summed E-state index contributed by atoms with van der Waals surface area (Å²) >= 11 is 0. The second kappa shape index (κ2) is 6.85. The van der Waals surface area contributed by atoms with Crippen LogP contribution in [0, 0.1) is 0 Å². The number of nitrogens with two attached hydrogens (primary N) is 1. The minimum atomic E-state index is -3.77. The summed E-state index contributed by atoms with van der Waals surface area (Å²) in [5.74, 6) is -0.0396. The third kappa shape index (κ3) is 3.66. The zero-order valence-electron chi connectivity index (χ0n) is 11.1. The molecule has 0 aliphatic carbocycles. The van der Waals surface area contributed by atoms with E-state index in [0.29, 0.717) is 6.54 Å². The van der Waals surface area contributed by atoms with Gasteiger partial charge in [0.1, 0.15) is 4.90 Å². The summed E-state index contributed by atoms with van der Waals surface area (Å²) in [4.78, 5) is -0.0427. The first kappa shape index (κ1) is 15.9. The van der Waals surface area contributed by atoms with Gasteiger partial charge < -0.3 is 15.6 Å². The van der Waals surface area contributed by atoms with Crippen LogP contribution < -0.4 is 5.73 Å². The van der Waals surface area contributed by atoms with E-state index in [4.69, 9.17) is 15.6 Å². The first-order valence-corrected chi connectivity index (χ1v) is 7.34. The predicted molar refractivity (Wildman–Crippen MR) is 70.0 cm³/mol. The van der Waals surface area contributed by atoms with Gasteiger partial charge in [0.25, 0.3) is 0 Å². The monoisotopic (exact) mass is 292 g/mol. The van der Waals surface area contributed by atoms with Gasteiger partial charge in [-0.05, 0) is 6.92 Å². The van der Waals surface area contributed by atoms with Crippen molar-refractivity contribution >= 4 is 15.8 Å². The Morgan fingerprint density at radius 2 is 2.21 bits per heavy atom. The van der Waals surface area contributed by atoms with Gasteiger partial charge in [-0.15, -0.1) is 0 Å². The number of anilines is 1. The number of aryl methyl sites for hydroxylation is 1. The smallest absolute Gasteiger partial charge is 0.248 e. The van der Waals surface area contributed by atoms with Crippen molar-refractivity contribution in [2.75, 3.05) is 39.1 Å². The van der Waals surface area contributed by atoms with Crippen LogP contribution in [-0.4, -0.2) is 61.0 Å². The van der Waals surface area contributed by atoms with E-state index in [0.717, 1.165) is 4.31 Å². The Labute approximate surface area is 112 Å². The fourth-order valence-electron chi connectivity index (χ4n) is 1.57. The molecule has 9 heteroatoms. The number of sulfonamides is 1. The summed E-state index contributed by atoms with van der Waals surface area (Å²) in [6.07, 6.45) is 1.39. The molecule has 0 aliphatic rings. The van der Waals surface area contributed by atoms with Crippen LogP contribution in [0.2, 0.25) is 0 Å². The van der Waals surface area contributed by atoms with E-state index in [1.165, 1.54) is 18.0 Å². The molecule has 1 rings (SSSR count). The molecule has 0 amide bonds. The first-order valence-electron chi connectivity index (χ1n) is 5.90. The quantitative estimate of drug-likeness (QED) is 0.643. The van der Waals surface area contributed by atoms with Gasteiger partial charge in [-0.2, -0.15) is 9.40 Å². The normalized spacial score (nSPS) is 12.2. The molecule has 8 nitrogen and oxygen atoms in total. The average Bonchev–Trinajstić information content (AvgIpc) is 2.76. The molecular weight excluding hydrogens is 272 g/mol. The highest BCUT2D eigenvalue weighted by atomic mass is 32.2. The number of aromatic nitrogens is 2. The van der Waals surface area contributed by atoms with E-state index in [9.17, 15) is 8.42 Å². The highest BCUT2D eigenvalue weighted by Crippen LogP contribution is 2.20. The summed E-state index contributed by atoms with van der Waals surface area (Å²) in [6.45, 7) is 2.46. The Hall–Kier alpha value is -1.16. The summed E-state index contributed by atoms with van der Waals surface area (Å²) in [5.41, 5.74) is 5.63. The Morgan fingerprint density at radius 3 is 2.68 bits per heavy atom. The fourth-order valence-corrected chi connectivity index (χ4v) is 3.05. The minimum Gasteiger partial charge on any atom is -0.395 e. The van der Waals surface area contributed by atoms with Crippen molar-refractivity contribution in [2.24, 2.45) is 0 Å². The molecule has 0 fully saturated rings. The molecule has 0 radical (unpaired) electrons. The summed E-state index contributed by atoms with van der Waals surface area (Å²) in [6, 6.07) is 0. The second-order valence-electron chi connectivity index (χ2n) is 3.85. The van der Waals surface area contributed by atoms with E-state index < -0.39 is 10.0 Å². The zero-order valence-corrected chi connectivity index (χ0v) is 11.9. The van der Waals surface area contributed by atoms with Crippen molar-refractivity contribution in [1.82, 2.24) is 14.1 Å². The third-order valence-electron chi connectivity index (χ3n) is 2.59. The van der Waals surface area contributed by atoms with Crippen molar-refractivity contribution in [3.63, 3.8) is 0 Å². The lowest BCUT2D eigenvalue weighted by Gasteiger charge is -2.20. The Kier molecular flexibility index (Phi) is 5.73. The summed E-state index contributed by atoms with van der Waals surface area (Å²) in [5, 5.41) is 12.9. The largest absolute Gasteiger partial charge is 0.395 e. The Morgan fingerprint density at radius 1 is 1.53 bits per heavy atom. The molecule has 1 heterocycles. The number of hydrogen-bond acceptors (Lipinski definition) is 6. The first-order chi connectivity index (χ1) is 8.97. The van der Waals surface area contributed by atoms with Crippen LogP contribution in [0.25, 0.3) is 0 Å². The maximum atomic E-state index is 12.4. The van der Waals surface area contributed by atoms with Crippen LogP contribution in [0.1, 0.15) is 6.92 Å². The van der Waals surface area contributed by atoms with Crippen LogP contribution >= 0.6 is 0 Å². The predicted octanol–water partition coefficient (Wildman–Crippen LogP) is -0.885. The maximum absolute atomic E-state index is 12.4. The third-order valence-corrected chi connectivity index (χ3v) is 4.51. The lowest BCUT2D eigenvalue weighted by Crippen LogP contribution is -2.36. The molecular formula is C10H20N4O4S. The van der Waals surface area contributed by atoms with Gasteiger partial charge in [0, 0.05) is 32.9 Å². The highest BCUT2D eigenvalue weighted by molar-refractivity contribution is 7.89. The van der Waals surface area contributed by atoms with Crippen molar-refractivity contribution in [3.8, 4) is 0 Å². The standard InChI is InChI=1S/C10H20N4O4S/c1-3-13-8-9(10(11)12-13)19(16,17)14(4-6-15)5-7-18-2/h8,15H,3-7H2,1-2H3,(H2,11,12). The van der Waals surface area contributed by atoms with Gasteiger partial charge >= 0.3 is 0 Å². The van der Waals surface area contributed by atoms with Gasteiger partial charge in [-0.25, -0.2) is 8.42 Å². The highest BCUT2D eigenvalue weighted by Gasteiger charge is 2.28. The fraction of sp³-hybridized carbons (Fsp3) is 0.700. The molecule has 1 aromatic rings. The van der Waals surface area contributed by atoms with Crippen LogP contribution in [0.5, 0.6) is 0 Å². The molecule has 19 heavy (non-hydrogen) atoms. The van der Waals surface area contributed by atoms with Crippen molar-refractivity contribution < 1.29 is 18.3 Å². The van der Waals surface area contributed by atoms with Crippen molar-refractivity contribution in [2.45, 2.75) is 18.4 Å². The molecule has 3 N–H and O–H groups in total. The number of nitrogens with zero attached hydrogens (tertiary/aromatic N) is 3. The number of ether oxygens (including phenoxy) is 1. The maximum Gasteiger partial charge on any atom is 0.248 e. The van der Waals surface area contributed by atoms with E-state index >= 15 is 0 Å². The zero-order chi connectivity index (χ0) is 14.5. The van der Waals surface area contributed by atoms with Crippen LogP contribution in [0.4, 0.5) is 5.82 Å². The number of nitrogen functional groups attached to an aromatic ring is 1. The van der Waals surface area contributed by atoms with E-state index in [-0.39, 0.29) is 37.0 Å². The molecule has 0 aromatic carbocycles. The molecule has 0 saturated heterocycles. The molecule has 0 saturated carbocycles. The minimum absolute atomic E-state index is 0.0115. The molecule has 0 atom stereocenters. The van der Waals surface area contributed by atoms with Crippen LogP contribution in [0.3, 0.4) is 0 Å². The van der Waals surface area contributed by atoms with E-state index in [1.54, 1.807) is 0 Å². The molecule has 1 aromatic heterocycles. The number of rotatable bonds is 8. The van der Waals surface area contributed by atoms with Crippen LogP contribution in [-0.2, 0) is 21.3 Å². The summed E-state index contributed by atoms with van der Waals surface area (Å²) < 4.78 is 32.3. The SMILES string of the molecule is CCn1cc(S(=O)(=O)N(CCO)CCOC)c(N)n1. The molecule has 110 valence electrons. The molecule has 0 unspecified atom stereocenters. The van der Waals surface area contributed by atoms with Gasteiger partial charge in [0.2, 0.25) is 10.0 Å². The number of methoxy groups -OCH3 is 1. The molecule has 0 spiro atoms. The number of aliphatic hydroxyl groups is 1. The molecule has 0 aliphatic heterocycles. The van der Waals surface area contributed by atoms with Crippen LogP contribution in [0.15, 0.2) is 11.1 Å². The Bertz CT molecular complexity index is 500. The lowest BCUT2D eigenvalue weighted by molar-refractivity contribution is 0.168. The van der Waals surface area contributed by atoms with E-state index in [2.05, 4.69) is 5.10 Å². The number of aliphatic hydroxyl groups excluding tert-OH is 1. The van der Waals surface area contributed by atoms with Gasteiger partial charge in [0.15, 0.2) is 5.82 Å². The Balaban J connectivity index is 3.07. The van der Waals surface area contributed by atoms with Crippen molar-refractivity contribution in [1.29, 1.82) is 0 Å². The second-order valence-corrected chi connectivity index (χ2v) is 5.76. The van der Waals surface area contributed by atoms with Gasteiger partial charge in [-0.3, -0.25) is 4.68 Å². The number of hydrogen-bond donors (Lipinski definition) is 2. The lowest BCUT2D eigenvalue weighted by atomic mass is 10.6. The van der Waals surface area contributed by atoms with Crippen molar-refractivity contribution in [3.05, 3.63) is 6.20 Å². The van der Waals surface area contributed by atoms with Gasteiger partial charge in [0.05, 0.1) is 13.2 Å². The average molecular weight is 292 g/mol. The van der Waals surface area contributed by atoms with Gasteiger partial charge in [-0.1, -0.05) is 0 Å². The topological polar surface area (TPSA) is 111 Å². The van der Waals surface area contributed by atoms with E-state index in [1.807, 2.05) is 6.92 Å².